The van der Waals surface area contributed by atoms with Crippen LogP contribution < -0.4 is 0 Å². The molecule has 0 spiro atoms. The lowest BCUT2D eigenvalue weighted by molar-refractivity contribution is -0.912. The Labute approximate surface area is 196 Å². The second kappa shape index (κ2) is 13.3. The molecule has 1 unspecified atom stereocenters. The third kappa shape index (κ3) is 13.0. The number of carbonyl (C=O) groups is 1. The van der Waals surface area contributed by atoms with Crippen molar-refractivity contribution in [1.29, 1.82) is 0 Å². The van der Waals surface area contributed by atoms with Crippen LogP contribution in [0.1, 0.15) is 45.6 Å². The molecule has 0 heterocycles. The Balaban J connectivity index is 0.00000131. The normalized spacial score (nSPS) is 13.0. The predicted molar refractivity (Wildman–Crippen MR) is 125 cm³/mol. The highest BCUT2D eigenvalue weighted by Crippen LogP contribution is 2.28. The van der Waals surface area contributed by atoms with Crippen LogP contribution in [0.2, 0.25) is 0 Å². The molecule has 178 valence electrons. The minimum absolute atomic E-state index is 0.0664. The number of rotatable bonds is 11. The van der Waals surface area contributed by atoms with E-state index in [1.165, 1.54) is 0 Å². The van der Waals surface area contributed by atoms with Gasteiger partial charge < -0.3 is 13.8 Å². The van der Waals surface area contributed by atoms with E-state index < -0.39 is 10.4 Å². The maximum Gasteiger partial charge on any atom is 0.313 e. The molecule has 0 bridgehead atoms. The quantitative estimate of drug-likeness (QED) is 0.187. The van der Waals surface area contributed by atoms with Crippen LogP contribution in [0.4, 0.5) is 0 Å². The van der Waals surface area contributed by atoms with E-state index in [2.05, 4.69) is 61.4 Å². The summed E-state index contributed by atoms with van der Waals surface area (Å²) in [5.41, 5.74) is 0.900. The summed E-state index contributed by atoms with van der Waals surface area (Å²) >= 11 is 3.38. The van der Waals surface area contributed by atoms with E-state index in [1.54, 1.807) is 0 Å². The zero-order valence-corrected chi connectivity index (χ0v) is 21.8. The zero-order chi connectivity index (χ0) is 24.3. The summed E-state index contributed by atoms with van der Waals surface area (Å²) in [6.07, 6.45) is 0.543. The number of nitrogens with zero attached hydrogens (tertiary/aromatic N) is 1. The minimum Gasteiger partial charge on any atom is -0.726 e. The molecular formula is C22H36BrNO6S. The van der Waals surface area contributed by atoms with Crippen LogP contribution in [0.25, 0.3) is 0 Å². The second-order valence-corrected chi connectivity index (χ2v) is 10.7. The molecule has 31 heavy (non-hydrogen) atoms. The summed E-state index contributed by atoms with van der Waals surface area (Å²) in [5, 5.41) is 0. The first-order chi connectivity index (χ1) is 14.2. The highest BCUT2D eigenvalue weighted by Gasteiger charge is 2.32. The molecule has 0 aliphatic heterocycles. The van der Waals surface area contributed by atoms with E-state index in [0.717, 1.165) is 41.3 Å². The molecule has 1 atom stereocenters. The monoisotopic (exact) mass is 521 g/mol. The number of ether oxygens (including phenoxy) is 1. The number of hydrogen-bond donors (Lipinski definition) is 0. The standard InChI is InChI=1S/C21H33BrNO2.CH4O4S/c1-7-23(6,8-2)15-21(4,5)16-25-20(24)19(14-17(3)22)18-12-10-9-11-13-18;1-5-6(2,3)4/h9-13,19H,3,7-8,14-16H2,1-2,4-6H3;1H3,(H,2,3,4)/q+1;/p-1. The van der Waals surface area contributed by atoms with Gasteiger partial charge in [-0.05, 0) is 30.3 Å². The summed E-state index contributed by atoms with van der Waals surface area (Å²) in [4.78, 5) is 12.7. The van der Waals surface area contributed by atoms with Gasteiger partial charge in [-0.3, -0.25) is 8.98 Å². The SMILES string of the molecule is C=C(Br)CC(C(=O)OCC(C)(C)C[N+](C)(CC)CC)c1ccccc1.COS(=O)(=O)[O-]. The molecule has 0 aromatic heterocycles. The second-order valence-electron chi connectivity index (χ2n) is 8.44. The number of quaternary nitrogens is 1. The fourth-order valence-corrected chi connectivity index (χ4v) is 3.46. The van der Waals surface area contributed by atoms with Gasteiger partial charge in [0.2, 0.25) is 10.4 Å². The van der Waals surface area contributed by atoms with E-state index in [9.17, 15) is 17.8 Å². The third-order valence-electron chi connectivity index (χ3n) is 5.06. The van der Waals surface area contributed by atoms with Gasteiger partial charge in [-0.2, -0.15) is 0 Å². The van der Waals surface area contributed by atoms with Crippen molar-refractivity contribution in [2.75, 3.05) is 40.4 Å². The molecule has 1 aromatic carbocycles. The van der Waals surface area contributed by atoms with E-state index in [1.807, 2.05) is 30.3 Å². The average Bonchev–Trinajstić information content (AvgIpc) is 2.70. The zero-order valence-electron chi connectivity index (χ0n) is 19.4. The molecule has 0 N–H and O–H groups in total. The van der Waals surface area contributed by atoms with Crippen LogP contribution >= 0.6 is 15.9 Å². The molecule has 1 rings (SSSR count). The van der Waals surface area contributed by atoms with Crippen molar-refractivity contribution in [3.05, 3.63) is 47.0 Å². The lowest BCUT2D eigenvalue weighted by Gasteiger charge is -2.39. The molecule has 9 heteroatoms. The van der Waals surface area contributed by atoms with Gasteiger partial charge in [0.05, 0.1) is 39.7 Å². The largest absolute Gasteiger partial charge is 0.726 e. The van der Waals surface area contributed by atoms with Crippen molar-refractivity contribution >= 4 is 32.3 Å². The Bertz CT molecular complexity index is 791. The van der Waals surface area contributed by atoms with Crippen molar-refractivity contribution in [2.24, 2.45) is 5.41 Å². The molecule has 0 aliphatic carbocycles. The Hall–Kier alpha value is -1.26. The lowest BCUT2D eigenvalue weighted by Crippen LogP contribution is -2.50. The third-order valence-corrected chi connectivity index (χ3v) is 5.79. The van der Waals surface area contributed by atoms with Gasteiger partial charge in [-0.25, -0.2) is 8.42 Å². The smallest absolute Gasteiger partial charge is 0.313 e. The summed E-state index contributed by atoms with van der Waals surface area (Å²) in [7, 11) is -1.35. The Morgan fingerprint density at radius 3 is 2.10 bits per heavy atom. The molecule has 0 radical (unpaired) electrons. The summed E-state index contributed by atoms with van der Waals surface area (Å²) in [6, 6.07) is 9.78. The fraction of sp³-hybridized carbons (Fsp3) is 0.591. The minimum atomic E-state index is -4.41. The number of allylic oxidation sites excluding steroid dienone is 1. The Morgan fingerprint density at radius 2 is 1.71 bits per heavy atom. The number of esters is 1. The van der Waals surface area contributed by atoms with Crippen LogP contribution in [-0.4, -0.2) is 63.8 Å². The summed E-state index contributed by atoms with van der Waals surface area (Å²) in [5.74, 6) is -0.496. The average molecular weight is 523 g/mol. The Kier molecular flexibility index (Phi) is 12.8. The highest BCUT2D eigenvalue weighted by atomic mass is 79.9. The first-order valence-corrected chi connectivity index (χ1v) is 12.2. The van der Waals surface area contributed by atoms with E-state index in [-0.39, 0.29) is 17.3 Å². The van der Waals surface area contributed by atoms with Crippen molar-refractivity contribution in [3.8, 4) is 0 Å². The fourth-order valence-electron chi connectivity index (χ4n) is 3.14. The van der Waals surface area contributed by atoms with Crippen molar-refractivity contribution in [3.63, 3.8) is 0 Å². The number of benzene rings is 1. The van der Waals surface area contributed by atoms with Gasteiger partial charge in [0.1, 0.15) is 6.61 Å². The summed E-state index contributed by atoms with van der Waals surface area (Å²) < 4.78 is 38.6. The van der Waals surface area contributed by atoms with Crippen molar-refractivity contribution in [1.82, 2.24) is 0 Å². The number of halogens is 1. The molecule has 1 aromatic rings. The van der Waals surface area contributed by atoms with E-state index in [4.69, 9.17) is 4.74 Å². The Morgan fingerprint density at radius 1 is 1.23 bits per heavy atom. The van der Waals surface area contributed by atoms with Crippen LogP contribution in [-0.2, 0) is 24.1 Å². The summed E-state index contributed by atoms with van der Waals surface area (Å²) in [6.45, 7) is 16.2. The van der Waals surface area contributed by atoms with Gasteiger partial charge in [0.25, 0.3) is 0 Å². The van der Waals surface area contributed by atoms with Crippen molar-refractivity contribution < 1.29 is 31.2 Å². The van der Waals surface area contributed by atoms with E-state index >= 15 is 0 Å². The number of carbonyl (C=O) groups excluding carboxylic acids is 1. The van der Waals surface area contributed by atoms with Gasteiger partial charge in [0.15, 0.2) is 0 Å². The molecule has 7 nitrogen and oxygen atoms in total. The van der Waals surface area contributed by atoms with Crippen LogP contribution in [0.3, 0.4) is 0 Å². The van der Waals surface area contributed by atoms with Crippen LogP contribution in [0.15, 0.2) is 41.4 Å². The molecule has 0 saturated heterocycles. The molecule has 0 saturated carbocycles. The van der Waals surface area contributed by atoms with Crippen LogP contribution in [0.5, 0.6) is 0 Å². The highest BCUT2D eigenvalue weighted by molar-refractivity contribution is 9.11. The molecule has 0 aliphatic rings. The number of hydrogen-bond acceptors (Lipinski definition) is 6. The molecule has 0 amide bonds. The lowest BCUT2D eigenvalue weighted by atomic mass is 9.92. The first kappa shape index (κ1) is 29.7. The van der Waals surface area contributed by atoms with Gasteiger partial charge >= 0.3 is 5.97 Å². The van der Waals surface area contributed by atoms with E-state index in [0.29, 0.717) is 13.0 Å². The van der Waals surface area contributed by atoms with Crippen molar-refractivity contribution in [2.45, 2.75) is 40.0 Å². The topological polar surface area (TPSA) is 92.7 Å². The molecule has 0 fully saturated rings. The molecular weight excluding hydrogens is 486 g/mol. The van der Waals surface area contributed by atoms with Gasteiger partial charge in [-0.15, -0.1) is 0 Å². The maximum atomic E-state index is 12.7. The first-order valence-electron chi connectivity index (χ1n) is 10.1. The maximum absolute atomic E-state index is 12.7. The van der Waals surface area contributed by atoms with Gasteiger partial charge in [0, 0.05) is 5.41 Å². The van der Waals surface area contributed by atoms with Gasteiger partial charge in [-0.1, -0.05) is 66.7 Å². The predicted octanol–water partition coefficient (Wildman–Crippen LogP) is 4.22. The van der Waals surface area contributed by atoms with Crippen LogP contribution in [0, 0.1) is 5.41 Å².